The molecule has 1 saturated heterocycles. The van der Waals surface area contributed by atoms with Crippen LogP contribution in [0.5, 0.6) is 0 Å². The normalized spacial score (nSPS) is 17.6. The summed E-state index contributed by atoms with van der Waals surface area (Å²) in [6.45, 7) is 2.29. The van der Waals surface area contributed by atoms with Gasteiger partial charge in [0.05, 0.1) is 0 Å². The molecule has 0 aromatic rings. The van der Waals surface area contributed by atoms with Crippen LogP contribution in [-0.2, 0) is 4.79 Å². The first-order chi connectivity index (χ1) is 6.77. The molecule has 2 N–H and O–H groups in total. The minimum Gasteiger partial charge on any atom is -0.358 e. The van der Waals surface area contributed by atoms with Crippen LogP contribution in [0, 0.1) is 5.92 Å². The molecule has 0 spiro atoms. The molecule has 0 unspecified atom stereocenters. The van der Waals surface area contributed by atoms with Crippen LogP contribution in [0.15, 0.2) is 0 Å². The fraction of sp³-hybridized carbons (Fsp3) is 0.778. The standard InChI is InChI=1S/C9H17N3O2/c1-10-9(14)12-4-2-8(3-5-12)6-11-7-13/h7-8H,2-6H2,1H3,(H,10,14)(H,11,13). The minimum absolute atomic E-state index is 0.00760. The molecule has 0 radical (unpaired) electrons. The second-order valence-electron chi connectivity index (χ2n) is 3.51. The van der Waals surface area contributed by atoms with Crippen molar-refractivity contribution in [3.8, 4) is 0 Å². The fourth-order valence-electron chi connectivity index (χ4n) is 1.71. The van der Waals surface area contributed by atoms with E-state index in [1.807, 2.05) is 0 Å². The van der Waals surface area contributed by atoms with Crippen LogP contribution in [0.3, 0.4) is 0 Å². The summed E-state index contributed by atoms with van der Waals surface area (Å²) in [4.78, 5) is 23.1. The summed E-state index contributed by atoms with van der Waals surface area (Å²) in [5, 5.41) is 5.28. The van der Waals surface area contributed by atoms with Crippen LogP contribution in [0.25, 0.3) is 0 Å². The molecule has 1 aliphatic heterocycles. The predicted molar refractivity (Wildman–Crippen MR) is 52.8 cm³/mol. The Kier molecular flexibility index (Phi) is 4.22. The van der Waals surface area contributed by atoms with E-state index in [1.165, 1.54) is 0 Å². The molecule has 1 rings (SSSR count). The Hall–Kier alpha value is -1.26. The van der Waals surface area contributed by atoms with Crippen molar-refractivity contribution in [3.63, 3.8) is 0 Å². The van der Waals surface area contributed by atoms with E-state index in [2.05, 4.69) is 10.6 Å². The largest absolute Gasteiger partial charge is 0.358 e. The third-order valence-electron chi connectivity index (χ3n) is 2.61. The Morgan fingerprint density at radius 2 is 2.14 bits per heavy atom. The molecule has 3 amide bonds. The highest BCUT2D eigenvalue weighted by Crippen LogP contribution is 2.15. The van der Waals surface area contributed by atoms with Crippen molar-refractivity contribution in [2.45, 2.75) is 12.8 Å². The first kappa shape index (κ1) is 10.8. The first-order valence-corrected chi connectivity index (χ1v) is 4.91. The quantitative estimate of drug-likeness (QED) is 0.617. The number of carbonyl (C=O) groups excluding carboxylic acids is 2. The van der Waals surface area contributed by atoms with E-state index in [9.17, 15) is 9.59 Å². The molecule has 1 fully saturated rings. The van der Waals surface area contributed by atoms with E-state index in [-0.39, 0.29) is 6.03 Å². The van der Waals surface area contributed by atoms with E-state index in [4.69, 9.17) is 0 Å². The van der Waals surface area contributed by atoms with Gasteiger partial charge in [-0.3, -0.25) is 4.79 Å². The van der Waals surface area contributed by atoms with Gasteiger partial charge in [0.1, 0.15) is 0 Å². The highest BCUT2D eigenvalue weighted by atomic mass is 16.2. The summed E-state index contributed by atoms with van der Waals surface area (Å²) >= 11 is 0. The summed E-state index contributed by atoms with van der Waals surface area (Å²) in [6, 6.07) is -0.00760. The van der Waals surface area contributed by atoms with Gasteiger partial charge in [-0.2, -0.15) is 0 Å². The highest BCUT2D eigenvalue weighted by molar-refractivity contribution is 5.73. The zero-order valence-corrected chi connectivity index (χ0v) is 8.45. The molecule has 0 bridgehead atoms. The molecular weight excluding hydrogens is 182 g/mol. The van der Waals surface area contributed by atoms with Crippen molar-refractivity contribution in [2.24, 2.45) is 5.92 Å². The summed E-state index contributed by atoms with van der Waals surface area (Å²) in [7, 11) is 1.64. The van der Waals surface area contributed by atoms with Crippen molar-refractivity contribution >= 4 is 12.4 Å². The van der Waals surface area contributed by atoms with Gasteiger partial charge in [-0.25, -0.2) is 4.79 Å². The van der Waals surface area contributed by atoms with Crippen molar-refractivity contribution in [1.82, 2.24) is 15.5 Å². The molecule has 1 aliphatic rings. The third kappa shape index (κ3) is 2.90. The molecular formula is C9H17N3O2. The average Bonchev–Trinajstić information content (AvgIpc) is 2.26. The number of hydrogen-bond donors (Lipinski definition) is 2. The number of likely N-dealkylation sites (tertiary alicyclic amines) is 1. The third-order valence-corrected chi connectivity index (χ3v) is 2.61. The Labute approximate surface area is 83.8 Å². The number of amides is 3. The molecule has 0 atom stereocenters. The van der Waals surface area contributed by atoms with Gasteiger partial charge in [0.2, 0.25) is 6.41 Å². The van der Waals surface area contributed by atoms with Gasteiger partial charge in [-0.15, -0.1) is 0 Å². The average molecular weight is 199 g/mol. The van der Waals surface area contributed by atoms with Crippen LogP contribution in [0.4, 0.5) is 4.79 Å². The van der Waals surface area contributed by atoms with Crippen molar-refractivity contribution in [1.29, 1.82) is 0 Å². The minimum atomic E-state index is -0.00760. The van der Waals surface area contributed by atoms with Crippen LogP contribution in [0.1, 0.15) is 12.8 Å². The Bertz CT molecular complexity index is 200. The van der Waals surface area contributed by atoms with E-state index in [0.29, 0.717) is 5.92 Å². The number of carbonyl (C=O) groups is 2. The molecule has 1 heterocycles. The molecule has 0 saturated carbocycles. The van der Waals surface area contributed by atoms with Gasteiger partial charge < -0.3 is 15.5 Å². The molecule has 0 aliphatic carbocycles. The van der Waals surface area contributed by atoms with Crippen molar-refractivity contribution in [2.75, 3.05) is 26.7 Å². The molecule has 14 heavy (non-hydrogen) atoms. The van der Waals surface area contributed by atoms with E-state index in [1.54, 1.807) is 11.9 Å². The smallest absolute Gasteiger partial charge is 0.317 e. The van der Waals surface area contributed by atoms with Crippen molar-refractivity contribution < 1.29 is 9.59 Å². The van der Waals surface area contributed by atoms with Crippen LogP contribution in [-0.4, -0.2) is 44.0 Å². The molecule has 0 aromatic carbocycles. The molecule has 5 heteroatoms. The topological polar surface area (TPSA) is 61.4 Å². The predicted octanol–water partition coefficient (Wildman–Crippen LogP) is -0.216. The van der Waals surface area contributed by atoms with Gasteiger partial charge >= 0.3 is 6.03 Å². The lowest BCUT2D eigenvalue weighted by atomic mass is 9.97. The summed E-state index contributed by atoms with van der Waals surface area (Å²) in [5.41, 5.74) is 0. The molecule has 80 valence electrons. The van der Waals surface area contributed by atoms with E-state index in [0.717, 1.165) is 38.9 Å². The lowest BCUT2D eigenvalue weighted by molar-refractivity contribution is -0.109. The zero-order chi connectivity index (χ0) is 10.4. The fourth-order valence-corrected chi connectivity index (χ4v) is 1.71. The number of piperidine rings is 1. The van der Waals surface area contributed by atoms with Gasteiger partial charge in [0.25, 0.3) is 0 Å². The molecule has 5 nitrogen and oxygen atoms in total. The second-order valence-corrected chi connectivity index (χ2v) is 3.51. The van der Waals surface area contributed by atoms with Crippen LogP contribution >= 0.6 is 0 Å². The zero-order valence-electron chi connectivity index (χ0n) is 8.45. The number of hydrogen-bond acceptors (Lipinski definition) is 2. The van der Waals surface area contributed by atoms with Crippen LogP contribution < -0.4 is 10.6 Å². The molecule has 0 aromatic heterocycles. The number of nitrogens with zero attached hydrogens (tertiary/aromatic N) is 1. The Morgan fingerprint density at radius 1 is 1.50 bits per heavy atom. The SMILES string of the molecule is CNC(=O)N1CCC(CNC=O)CC1. The maximum Gasteiger partial charge on any atom is 0.317 e. The van der Waals surface area contributed by atoms with Gasteiger partial charge in [-0.1, -0.05) is 0 Å². The van der Waals surface area contributed by atoms with Gasteiger partial charge in [-0.05, 0) is 18.8 Å². The van der Waals surface area contributed by atoms with E-state index < -0.39 is 0 Å². The monoisotopic (exact) mass is 199 g/mol. The number of nitrogens with one attached hydrogen (secondary N) is 2. The van der Waals surface area contributed by atoms with Crippen LogP contribution in [0.2, 0.25) is 0 Å². The Balaban J connectivity index is 2.24. The van der Waals surface area contributed by atoms with E-state index >= 15 is 0 Å². The highest BCUT2D eigenvalue weighted by Gasteiger charge is 2.21. The summed E-state index contributed by atoms with van der Waals surface area (Å²) in [5.74, 6) is 0.515. The van der Waals surface area contributed by atoms with Gasteiger partial charge in [0.15, 0.2) is 0 Å². The Morgan fingerprint density at radius 3 is 2.64 bits per heavy atom. The van der Waals surface area contributed by atoms with Crippen molar-refractivity contribution in [3.05, 3.63) is 0 Å². The van der Waals surface area contributed by atoms with Gasteiger partial charge in [0, 0.05) is 26.7 Å². The lowest BCUT2D eigenvalue weighted by Gasteiger charge is -2.31. The first-order valence-electron chi connectivity index (χ1n) is 4.91. The second kappa shape index (κ2) is 5.47. The number of urea groups is 1. The summed E-state index contributed by atoms with van der Waals surface area (Å²) < 4.78 is 0. The maximum atomic E-state index is 11.2. The lowest BCUT2D eigenvalue weighted by Crippen LogP contribution is -2.44. The summed E-state index contributed by atoms with van der Waals surface area (Å²) in [6.07, 6.45) is 2.66. The maximum absolute atomic E-state index is 11.2. The number of rotatable bonds is 3.